The Labute approximate surface area is 120 Å². The fourth-order valence-corrected chi connectivity index (χ4v) is 1.30. The predicted molar refractivity (Wildman–Crippen MR) is 73.5 cm³/mol. The number of carbonyl (C=O) groups is 3. The molecule has 0 fully saturated rings. The van der Waals surface area contributed by atoms with E-state index >= 15 is 0 Å². The van der Waals surface area contributed by atoms with E-state index in [9.17, 15) is 14.4 Å². The third-order valence-electron chi connectivity index (χ3n) is 2.07. The van der Waals surface area contributed by atoms with Crippen molar-refractivity contribution in [3.05, 3.63) is 47.5 Å². The Kier molecular flexibility index (Phi) is 6.25. The third kappa shape index (κ3) is 5.53. The summed E-state index contributed by atoms with van der Waals surface area (Å²) in [6, 6.07) is 5.32. The standard InChI is InChI=1S/C13H13ClN2O4/c1-2-7-15-13(19)16-11(17)8-20-12(18)9-3-5-10(14)6-4-9/h2-6H,1,7-8H2,(H2,15,16,17,19). The van der Waals surface area contributed by atoms with E-state index in [0.717, 1.165) is 0 Å². The summed E-state index contributed by atoms with van der Waals surface area (Å²) in [7, 11) is 0. The Morgan fingerprint density at radius 1 is 1.25 bits per heavy atom. The molecule has 7 heteroatoms. The monoisotopic (exact) mass is 296 g/mol. The van der Waals surface area contributed by atoms with E-state index in [1.165, 1.54) is 30.3 Å². The normalized spacial score (nSPS) is 9.45. The summed E-state index contributed by atoms with van der Waals surface area (Å²) in [6.45, 7) is 3.08. The Morgan fingerprint density at radius 3 is 2.50 bits per heavy atom. The molecule has 2 N–H and O–H groups in total. The molecule has 0 aliphatic rings. The van der Waals surface area contributed by atoms with E-state index in [1.54, 1.807) is 0 Å². The van der Waals surface area contributed by atoms with Crippen molar-refractivity contribution in [2.75, 3.05) is 13.2 Å². The number of hydrogen-bond acceptors (Lipinski definition) is 4. The third-order valence-corrected chi connectivity index (χ3v) is 2.33. The summed E-state index contributed by atoms with van der Waals surface area (Å²) in [5.74, 6) is -1.41. The first-order valence-corrected chi connectivity index (χ1v) is 6.02. The van der Waals surface area contributed by atoms with Gasteiger partial charge in [-0.1, -0.05) is 17.7 Å². The van der Waals surface area contributed by atoms with Gasteiger partial charge in [0.15, 0.2) is 6.61 Å². The van der Waals surface area contributed by atoms with E-state index in [1.807, 2.05) is 5.32 Å². The summed E-state index contributed by atoms with van der Waals surface area (Å²) in [5.41, 5.74) is 0.262. The van der Waals surface area contributed by atoms with Crippen molar-refractivity contribution in [2.45, 2.75) is 0 Å². The zero-order chi connectivity index (χ0) is 15.0. The number of urea groups is 1. The van der Waals surface area contributed by atoms with Gasteiger partial charge in [-0.15, -0.1) is 6.58 Å². The number of ether oxygens (including phenoxy) is 1. The molecular weight excluding hydrogens is 284 g/mol. The highest BCUT2D eigenvalue weighted by molar-refractivity contribution is 6.30. The smallest absolute Gasteiger partial charge is 0.338 e. The van der Waals surface area contributed by atoms with Crippen molar-refractivity contribution in [3.8, 4) is 0 Å². The van der Waals surface area contributed by atoms with Crippen LogP contribution >= 0.6 is 11.6 Å². The van der Waals surface area contributed by atoms with E-state index in [0.29, 0.717) is 5.02 Å². The molecule has 0 heterocycles. The lowest BCUT2D eigenvalue weighted by Crippen LogP contribution is -2.41. The van der Waals surface area contributed by atoms with Gasteiger partial charge in [0.25, 0.3) is 5.91 Å². The largest absolute Gasteiger partial charge is 0.452 e. The molecule has 0 saturated carbocycles. The minimum absolute atomic E-state index is 0.226. The molecule has 3 amide bonds. The number of carbonyl (C=O) groups excluding carboxylic acids is 3. The Bertz CT molecular complexity index is 514. The van der Waals surface area contributed by atoms with Gasteiger partial charge in [0.2, 0.25) is 0 Å². The summed E-state index contributed by atoms with van der Waals surface area (Å²) >= 11 is 5.68. The van der Waals surface area contributed by atoms with E-state index in [2.05, 4.69) is 11.9 Å². The van der Waals surface area contributed by atoms with Crippen molar-refractivity contribution in [1.29, 1.82) is 0 Å². The summed E-state index contributed by atoms with van der Waals surface area (Å²) in [5, 5.41) is 4.82. The Balaban J connectivity index is 2.37. The van der Waals surface area contributed by atoms with E-state index in [-0.39, 0.29) is 12.1 Å². The molecule has 0 radical (unpaired) electrons. The van der Waals surface area contributed by atoms with Crippen molar-refractivity contribution in [3.63, 3.8) is 0 Å². The molecule has 0 aromatic heterocycles. The van der Waals surface area contributed by atoms with Crippen LogP contribution < -0.4 is 10.6 Å². The van der Waals surface area contributed by atoms with Crippen LogP contribution in [0, 0.1) is 0 Å². The molecule has 0 bridgehead atoms. The van der Waals surface area contributed by atoms with Gasteiger partial charge < -0.3 is 10.1 Å². The number of benzene rings is 1. The molecule has 1 aromatic carbocycles. The quantitative estimate of drug-likeness (QED) is 0.637. The maximum absolute atomic E-state index is 11.6. The molecule has 20 heavy (non-hydrogen) atoms. The molecule has 0 unspecified atom stereocenters. The van der Waals surface area contributed by atoms with Crippen LogP contribution in [0.1, 0.15) is 10.4 Å². The molecule has 0 atom stereocenters. The van der Waals surface area contributed by atoms with Crippen LogP contribution in [0.5, 0.6) is 0 Å². The van der Waals surface area contributed by atoms with Crippen LogP contribution in [-0.2, 0) is 9.53 Å². The van der Waals surface area contributed by atoms with E-state index < -0.39 is 24.5 Å². The van der Waals surface area contributed by atoms with Crippen LogP contribution in [0.2, 0.25) is 5.02 Å². The molecule has 0 saturated heterocycles. The number of esters is 1. The van der Waals surface area contributed by atoms with Crippen molar-refractivity contribution in [2.24, 2.45) is 0 Å². The van der Waals surface area contributed by atoms with Gasteiger partial charge >= 0.3 is 12.0 Å². The molecule has 106 valence electrons. The maximum Gasteiger partial charge on any atom is 0.338 e. The highest BCUT2D eigenvalue weighted by Gasteiger charge is 2.11. The zero-order valence-corrected chi connectivity index (χ0v) is 11.3. The van der Waals surface area contributed by atoms with Gasteiger partial charge in [-0.3, -0.25) is 10.1 Å². The maximum atomic E-state index is 11.6. The second-order valence-corrected chi connectivity index (χ2v) is 4.07. The molecule has 1 rings (SSSR count). The SMILES string of the molecule is C=CCNC(=O)NC(=O)COC(=O)c1ccc(Cl)cc1. The second kappa shape index (κ2) is 7.96. The summed E-state index contributed by atoms with van der Waals surface area (Å²) in [4.78, 5) is 34.0. The predicted octanol–water partition coefficient (Wildman–Crippen LogP) is 1.51. The molecule has 0 spiro atoms. The highest BCUT2D eigenvalue weighted by Crippen LogP contribution is 2.10. The summed E-state index contributed by atoms with van der Waals surface area (Å²) in [6.07, 6.45) is 1.46. The number of amides is 3. The van der Waals surface area contributed by atoms with Crippen molar-refractivity contribution < 1.29 is 19.1 Å². The first-order chi connectivity index (χ1) is 9.52. The first-order valence-electron chi connectivity index (χ1n) is 5.64. The average molecular weight is 297 g/mol. The number of imide groups is 1. The second-order valence-electron chi connectivity index (χ2n) is 3.63. The van der Waals surface area contributed by atoms with Crippen molar-refractivity contribution >= 4 is 29.5 Å². The fraction of sp³-hybridized carbons (Fsp3) is 0.154. The summed E-state index contributed by atoms with van der Waals surface area (Å²) < 4.78 is 4.74. The zero-order valence-electron chi connectivity index (χ0n) is 10.5. The molecule has 0 aliphatic carbocycles. The van der Waals surface area contributed by atoms with Crippen LogP contribution in [-0.4, -0.2) is 31.1 Å². The van der Waals surface area contributed by atoms with Crippen LogP contribution in [0.25, 0.3) is 0 Å². The number of rotatable bonds is 5. The van der Waals surface area contributed by atoms with E-state index in [4.69, 9.17) is 16.3 Å². The topological polar surface area (TPSA) is 84.5 Å². The minimum atomic E-state index is -0.728. The molecule has 6 nitrogen and oxygen atoms in total. The van der Waals surface area contributed by atoms with Gasteiger partial charge in [0.1, 0.15) is 0 Å². The lowest BCUT2D eigenvalue weighted by atomic mass is 10.2. The van der Waals surface area contributed by atoms with Crippen LogP contribution in [0.4, 0.5) is 4.79 Å². The molecular formula is C13H13ClN2O4. The number of halogens is 1. The molecule has 0 aliphatic heterocycles. The number of nitrogens with one attached hydrogen (secondary N) is 2. The fourth-order valence-electron chi connectivity index (χ4n) is 1.17. The van der Waals surface area contributed by atoms with Gasteiger partial charge in [0, 0.05) is 11.6 Å². The van der Waals surface area contributed by atoms with Gasteiger partial charge in [0.05, 0.1) is 5.56 Å². The average Bonchev–Trinajstić information content (AvgIpc) is 2.43. The van der Waals surface area contributed by atoms with Gasteiger partial charge in [-0.25, -0.2) is 9.59 Å². The minimum Gasteiger partial charge on any atom is -0.452 e. The number of hydrogen-bond donors (Lipinski definition) is 2. The lowest BCUT2D eigenvalue weighted by Gasteiger charge is -2.06. The highest BCUT2D eigenvalue weighted by atomic mass is 35.5. The van der Waals surface area contributed by atoms with Gasteiger partial charge in [-0.05, 0) is 24.3 Å². The Hall–Kier alpha value is -2.34. The van der Waals surface area contributed by atoms with Crippen LogP contribution in [0.3, 0.4) is 0 Å². The lowest BCUT2D eigenvalue weighted by molar-refractivity contribution is -0.123. The first kappa shape index (κ1) is 15.7. The Morgan fingerprint density at radius 2 is 1.90 bits per heavy atom. The van der Waals surface area contributed by atoms with Crippen LogP contribution in [0.15, 0.2) is 36.9 Å². The van der Waals surface area contributed by atoms with Gasteiger partial charge in [-0.2, -0.15) is 0 Å². The van der Waals surface area contributed by atoms with Crippen molar-refractivity contribution in [1.82, 2.24) is 10.6 Å². The molecule has 1 aromatic rings.